The Morgan fingerprint density at radius 1 is 1.28 bits per heavy atom. The van der Waals surface area contributed by atoms with Crippen molar-refractivity contribution in [3.05, 3.63) is 29.3 Å². The van der Waals surface area contributed by atoms with Crippen molar-refractivity contribution >= 4 is 11.6 Å². The standard InChI is InChI=1S/C14H18N2O2/c17-14(16-7-9-18-10-8-16)12-5-1-3-11-4-2-6-15-13(11)12/h1,3,5,15H,2,4,6-10H2. The molecule has 1 N–H and O–H groups in total. The van der Waals surface area contributed by atoms with Crippen LogP contribution >= 0.6 is 0 Å². The molecule has 18 heavy (non-hydrogen) atoms. The Balaban J connectivity index is 1.89. The van der Waals surface area contributed by atoms with Crippen LogP contribution in [0.4, 0.5) is 5.69 Å². The highest BCUT2D eigenvalue weighted by molar-refractivity contribution is 6.00. The zero-order valence-corrected chi connectivity index (χ0v) is 10.4. The van der Waals surface area contributed by atoms with Gasteiger partial charge in [-0.25, -0.2) is 0 Å². The lowest BCUT2D eigenvalue weighted by molar-refractivity contribution is 0.0303. The summed E-state index contributed by atoms with van der Waals surface area (Å²) in [5, 5.41) is 3.37. The van der Waals surface area contributed by atoms with E-state index in [2.05, 4.69) is 11.4 Å². The number of hydrogen-bond acceptors (Lipinski definition) is 3. The molecule has 1 aromatic rings. The third-order valence-electron chi connectivity index (χ3n) is 3.60. The van der Waals surface area contributed by atoms with Crippen LogP contribution in [0.5, 0.6) is 0 Å². The molecular formula is C14H18N2O2. The predicted molar refractivity (Wildman–Crippen MR) is 70.0 cm³/mol. The van der Waals surface area contributed by atoms with Gasteiger partial charge in [0.2, 0.25) is 0 Å². The Bertz CT molecular complexity index is 453. The number of hydrogen-bond donors (Lipinski definition) is 1. The maximum atomic E-state index is 12.5. The number of carbonyl (C=O) groups is 1. The Kier molecular flexibility index (Phi) is 3.19. The molecule has 4 nitrogen and oxygen atoms in total. The number of para-hydroxylation sites is 1. The van der Waals surface area contributed by atoms with Gasteiger partial charge in [-0.3, -0.25) is 4.79 Å². The third-order valence-corrected chi connectivity index (χ3v) is 3.60. The lowest BCUT2D eigenvalue weighted by atomic mass is 9.98. The number of rotatable bonds is 1. The molecule has 2 aliphatic rings. The number of nitrogens with one attached hydrogen (secondary N) is 1. The molecule has 2 heterocycles. The summed E-state index contributed by atoms with van der Waals surface area (Å²) in [5.74, 6) is 0.129. The molecule has 0 saturated carbocycles. The van der Waals surface area contributed by atoms with Crippen molar-refractivity contribution in [3.63, 3.8) is 0 Å². The van der Waals surface area contributed by atoms with E-state index in [-0.39, 0.29) is 5.91 Å². The average Bonchev–Trinajstić information content (AvgIpc) is 2.47. The van der Waals surface area contributed by atoms with Gasteiger partial charge in [-0.1, -0.05) is 12.1 Å². The highest BCUT2D eigenvalue weighted by Gasteiger charge is 2.23. The van der Waals surface area contributed by atoms with E-state index in [0.29, 0.717) is 26.3 Å². The van der Waals surface area contributed by atoms with Gasteiger partial charge >= 0.3 is 0 Å². The first-order chi connectivity index (χ1) is 8.86. The number of carbonyl (C=O) groups excluding carboxylic acids is 1. The van der Waals surface area contributed by atoms with Crippen LogP contribution in [0.15, 0.2) is 18.2 Å². The van der Waals surface area contributed by atoms with E-state index < -0.39 is 0 Å². The third kappa shape index (κ3) is 2.08. The predicted octanol–water partition coefficient (Wildman–Crippen LogP) is 1.52. The highest BCUT2D eigenvalue weighted by Crippen LogP contribution is 2.27. The van der Waals surface area contributed by atoms with Gasteiger partial charge < -0.3 is 15.0 Å². The lowest BCUT2D eigenvalue weighted by Gasteiger charge is -2.29. The highest BCUT2D eigenvalue weighted by atomic mass is 16.5. The van der Waals surface area contributed by atoms with E-state index in [1.54, 1.807) is 0 Å². The minimum Gasteiger partial charge on any atom is -0.384 e. The van der Waals surface area contributed by atoms with Crippen molar-refractivity contribution in [1.82, 2.24) is 4.90 Å². The maximum Gasteiger partial charge on any atom is 0.256 e. The molecule has 1 amide bonds. The van der Waals surface area contributed by atoms with Crippen molar-refractivity contribution in [2.24, 2.45) is 0 Å². The fourth-order valence-corrected chi connectivity index (χ4v) is 2.62. The zero-order valence-electron chi connectivity index (χ0n) is 10.4. The molecule has 1 saturated heterocycles. The molecule has 0 aromatic heterocycles. The van der Waals surface area contributed by atoms with E-state index in [4.69, 9.17) is 4.74 Å². The smallest absolute Gasteiger partial charge is 0.256 e. The summed E-state index contributed by atoms with van der Waals surface area (Å²) in [6.07, 6.45) is 2.20. The molecule has 96 valence electrons. The summed E-state index contributed by atoms with van der Waals surface area (Å²) in [6.45, 7) is 3.65. The zero-order chi connectivity index (χ0) is 12.4. The number of morpholine rings is 1. The monoisotopic (exact) mass is 246 g/mol. The number of anilines is 1. The molecular weight excluding hydrogens is 228 g/mol. The molecule has 0 atom stereocenters. The molecule has 2 aliphatic heterocycles. The first-order valence-corrected chi connectivity index (χ1v) is 6.59. The van der Waals surface area contributed by atoms with Gasteiger partial charge in [0.1, 0.15) is 0 Å². The minimum absolute atomic E-state index is 0.129. The number of benzene rings is 1. The van der Waals surface area contributed by atoms with Crippen LogP contribution in [0, 0.1) is 0 Å². The fraction of sp³-hybridized carbons (Fsp3) is 0.500. The summed E-state index contributed by atoms with van der Waals surface area (Å²) in [4.78, 5) is 14.4. The second-order valence-corrected chi connectivity index (χ2v) is 4.77. The van der Waals surface area contributed by atoms with Crippen molar-refractivity contribution in [2.75, 3.05) is 38.2 Å². The van der Waals surface area contributed by atoms with Gasteiger partial charge in [0.05, 0.1) is 24.5 Å². The molecule has 0 aliphatic carbocycles. The van der Waals surface area contributed by atoms with Crippen molar-refractivity contribution in [1.29, 1.82) is 0 Å². The summed E-state index contributed by atoms with van der Waals surface area (Å²) < 4.78 is 5.29. The second kappa shape index (κ2) is 4.98. The molecule has 1 fully saturated rings. The summed E-state index contributed by atoms with van der Waals surface area (Å²) in [6, 6.07) is 6.02. The van der Waals surface area contributed by atoms with Crippen LogP contribution in [0.1, 0.15) is 22.3 Å². The molecule has 4 heteroatoms. The van der Waals surface area contributed by atoms with E-state index in [9.17, 15) is 4.79 Å². The van der Waals surface area contributed by atoms with Gasteiger partial charge in [0.15, 0.2) is 0 Å². The van der Waals surface area contributed by atoms with Gasteiger partial charge in [-0.05, 0) is 24.5 Å². The number of aryl methyl sites for hydroxylation is 1. The second-order valence-electron chi connectivity index (χ2n) is 4.77. The topological polar surface area (TPSA) is 41.6 Å². The van der Waals surface area contributed by atoms with Crippen LogP contribution in [0.25, 0.3) is 0 Å². The lowest BCUT2D eigenvalue weighted by Crippen LogP contribution is -2.41. The number of nitrogens with zero attached hydrogens (tertiary/aromatic N) is 1. The summed E-state index contributed by atoms with van der Waals surface area (Å²) in [7, 11) is 0. The Hall–Kier alpha value is -1.55. The van der Waals surface area contributed by atoms with Gasteiger partial charge in [-0.2, -0.15) is 0 Å². The Labute approximate surface area is 107 Å². The van der Waals surface area contributed by atoms with Crippen molar-refractivity contribution in [3.8, 4) is 0 Å². The Morgan fingerprint density at radius 3 is 2.94 bits per heavy atom. The van der Waals surface area contributed by atoms with Gasteiger partial charge in [-0.15, -0.1) is 0 Å². The van der Waals surface area contributed by atoms with E-state index in [1.807, 2.05) is 17.0 Å². The van der Waals surface area contributed by atoms with E-state index >= 15 is 0 Å². The summed E-state index contributed by atoms with van der Waals surface area (Å²) >= 11 is 0. The van der Waals surface area contributed by atoms with E-state index in [1.165, 1.54) is 5.56 Å². The normalized spacial score (nSPS) is 19.0. The quantitative estimate of drug-likeness (QED) is 0.817. The largest absolute Gasteiger partial charge is 0.384 e. The van der Waals surface area contributed by atoms with Crippen LogP contribution in [-0.4, -0.2) is 43.7 Å². The molecule has 0 radical (unpaired) electrons. The number of amides is 1. The SMILES string of the molecule is O=C(c1cccc2c1NCCC2)N1CCOCC1. The van der Waals surface area contributed by atoms with E-state index in [0.717, 1.165) is 30.6 Å². The van der Waals surface area contributed by atoms with Crippen LogP contribution in [-0.2, 0) is 11.2 Å². The van der Waals surface area contributed by atoms with Crippen LogP contribution in [0.3, 0.4) is 0 Å². The average molecular weight is 246 g/mol. The number of fused-ring (bicyclic) bond motifs is 1. The van der Waals surface area contributed by atoms with Crippen LogP contribution in [0.2, 0.25) is 0 Å². The molecule has 1 aromatic carbocycles. The van der Waals surface area contributed by atoms with Crippen LogP contribution < -0.4 is 5.32 Å². The first-order valence-electron chi connectivity index (χ1n) is 6.59. The molecule has 3 rings (SSSR count). The Morgan fingerprint density at radius 2 is 2.11 bits per heavy atom. The van der Waals surface area contributed by atoms with Crippen molar-refractivity contribution < 1.29 is 9.53 Å². The molecule has 0 unspecified atom stereocenters. The van der Waals surface area contributed by atoms with Gasteiger partial charge in [0, 0.05) is 19.6 Å². The fourth-order valence-electron chi connectivity index (χ4n) is 2.62. The number of ether oxygens (including phenoxy) is 1. The molecule has 0 bridgehead atoms. The van der Waals surface area contributed by atoms with Gasteiger partial charge in [0.25, 0.3) is 5.91 Å². The van der Waals surface area contributed by atoms with Crippen molar-refractivity contribution in [2.45, 2.75) is 12.8 Å². The first kappa shape index (κ1) is 11.5. The minimum atomic E-state index is 0.129. The summed E-state index contributed by atoms with van der Waals surface area (Å²) in [5.41, 5.74) is 3.12. The maximum absolute atomic E-state index is 12.5. The molecule has 0 spiro atoms.